The smallest absolute Gasteiger partial charge is 0.329 e. The molecule has 11 heavy (non-hydrogen) atoms. The molecule has 68 valence electrons. The highest BCUT2D eigenvalue weighted by atomic mass is 35.5. The van der Waals surface area contributed by atoms with E-state index in [-0.39, 0.29) is 6.54 Å². The highest BCUT2D eigenvalue weighted by Crippen LogP contribution is 2.21. The molecule has 2 unspecified atom stereocenters. The van der Waals surface area contributed by atoms with E-state index in [0.717, 1.165) is 0 Å². The van der Waals surface area contributed by atoms with E-state index in [4.69, 9.17) is 17.3 Å². The van der Waals surface area contributed by atoms with E-state index in [1.165, 1.54) is 0 Å². The van der Waals surface area contributed by atoms with Crippen LogP contribution < -0.4 is 5.73 Å². The van der Waals surface area contributed by atoms with Gasteiger partial charge >= 0.3 is 5.51 Å². The summed E-state index contributed by atoms with van der Waals surface area (Å²) < 4.78 is 44.9. The third-order valence-corrected chi connectivity index (χ3v) is 2.58. The van der Waals surface area contributed by atoms with Crippen LogP contribution in [0.15, 0.2) is 0 Å². The van der Waals surface area contributed by atoms with Gasteiger partial charge in [0.15, 0.2) is 0 Å². The molecule has 0 saturated heterocycles. The van der Waals surface area contributed by atoms with Crippen molar-refractivity contribution in [2.75, 3.05) is 12.3 Å². The van der Waals surface area contributed by atoms with Crippen LogP contribution in [0.5, 0.6) is 0 Å². The Bertz CT molecular complexity index is 151. The molecule has 7 heteroatoms. The third-order valence-electron chi connectivity index (χ3n) is 0.846. The first-order chi connectivity index (χ1) is 4.88. The fraction of sp³-hybridized carbons (Fsp3) is 1.00. The van der Waals surface area contributed by atoms with Crippen molar-refractivity contribution in [3.05, 3.63) is 0 Å². The lowest BCUT2D eigenvalue weighted by atomic mass is 10.5. The van der Waals surface area contributed by atoms with Gasteiger partial charge in [0.1, 0.15) is 10.8 Å². The highest BCUT2D eigenvalue weighted by Gasteiger charge is 2.37. The molecule has 2 nitrogen and oxygen atoms in total. The van der Waals surface area contributed by atoms with Crippen LogP contribution in [0.2, 0.25) is 0 Å². The lowest BCUT2D eigenvalue weighted by Gasteiger charge is -2.08. The summed E-state index contributed by atoms with van der Waals surface area (Å²) in [6, 6.07) is 0. The van der Waals surface area contributed by atoms with E-state index in [9.17, 15) is 17.4 Å². The molecule has 0 bridgehead atoms. The maximum Gasteiger partial charge on any atom is 0.471 e. The van der Waals surface area contributed by atoms with Gasteiger partial charge in [-0.2, -0.15) is 13.2 Å². The SMILES string of the molecule is NCC(Cl)CS(=O)C(F)(F)F. The van der Waals surface area contributed by atoms with Crippen molar-refractivity contribution < 1.29 is 17.4 Å². The Balaban J connectivity index is 3.88. The monoisotopic (exact) mass is 209 g/mol. The number of hydrogen-bond donors (Lipinski definition) is 1. The highest BCUT2D eigenvalue weighted by molar-refractivity contribution is 7.86. The van der Waals surface area contributed by atoms with E-state index in [0.29, 0.717) is 0 Å². The molecule has 0 rings (SSSR count). The van der Waals surface area contributed by atoms with E-state index >= 15 is 0 Å². The average Bonchev–Trinajstić information content (AvgIpc) is 1.85. The minimum Gasteiger partial charge on any atom is -0.329 e. The van der Waals surface area contributed by atoms with Gasteiger partial charge in [-0.25, -0.2) is 0 Å². The largest absolute Gasteiger partial charge is 0.471 e. The standard InChI is InChI=1S/C4H7ClF3NOS/c5-3(1-9)2-11(10)4(6,7)8/h3H,1-2,9H2. The Morgan fingerprint density at radius 1 is 1.55 bits per heavy atom. The molecule has 0 aliphatic heterocycles. The van der Waals surface area contributed by atoms with Crippen molar-refractivity contribution in [1.29, 1.82) is 0 Å². The summed E-state index contributed by atoms with van der Waals surface area (Å²) in [7, 11) is -2.88. The van der Waals surface area contributed by atoms with Crippen molar-refractivity contribution in [1.82, 2.24) is 0 Å². The summed E-state index contributed by atoms with van der Waals surface area (Å²) in [4.78, 5) is 0. The number of nitrogens with two attached hydrogens (primary N) is 1. The zero-order valence-electron chi connectivity index (χ0n) is 5.40. The van der Waals surface area contributed by atoms with Gasteiger partial charge in [0.05, 0.1) is 11.1 Å². The molecule has 0 fully saturated rings. The van der Waals surface area contributed by atoms with Crippen LogP contribution in [0.4, 0.5) is 13.2 Å². The first-order valence-corrected chi connectivity index (χ1v) is 4.42. The molecule has 0 spiro atoms. The van der Waals surface area contributed by atoms with Crippen LogP contribution in [0.25, 0.3) is 0 Å². The quantitative estimate of drug-likeness (QED) is 0.700. The summed E-state index contributed by atoms with van der Waals surface area (Å²) in [6.07, 6.45) is 0. The fourth-order valence-electron chi connectivity index (χ4n) is 0.327. The minimum absolute atomic E-state index is 0.108. The van der Waals surface area contributed by atoms with Crippen LogP contribution in [-0.4, -0.2) is 27.4 Å². The molecule has 0 aliphatic carbocycles. The summed E-state index contributed by atoms with van der Waals surface area (Å²) in [5.74, 6) is -0.637. The van der Waals surface area contributed by atoms with Crippen molar-refractivity contribution in [3.63, 3.8) is 0 Å². The third kappa shape index (κ3) is 4.60. The van der Waals surface area contributed by atoms with Gasteiger partial charge in [0, 0.05) is 6.54 Å². The van der Waals surface area contributed by atoms with Gasteiger partial charge in [0.25, 0.3) is 0 Å². The Hall–Kier alpha value is 0.190. The van der Waals surface area contributed by atoms with Crippen LogP contribution in [-0.2, 0) is 10.8 Å². The summed E-state index contributed by atoms with van der Waals surface area (Å²) in [5.41, 5.74) is 0.252. The molecule has 0 amide bonds. The Morgan fingerprint density at radius 3 is 2.27 bits per heavy atom. The number of rotatable bonds is 3. The predicted molar refractivity (Wildman–Crippen MR) is 37.8 cm³/mol. The summed E-state index contributed by atoms with van der Waals surface area (Å²) in [6.45, 7) is -0.108. The van der Waals surface area contributed by atoms with Crippen molar-refractivity contribution in [2.24, 2.45) is 5.73 Å². The lowest BCUT2D eigenvalue weighted by molar-refractivity contribution is -0.0384. The Morgan fingerprint density at radius 2 is 2.00 bits per heavy atom. The van der Waals surface area contributed by atoms with E-state index in [2.05, 4.69) is 0 Å². The van der Waals surface area contributed by atoms with Crippen LogP contribution >= 0.6 is 11.6 Å². The van der Waals surface area contributed by atoms with Crippen molar-refractivity contribution >= 4 is 22.4 Å². The number of halogens is 4. The molecule has 2 atom stereocenters. The lowest BCUT2D eigenvalue weighted by Crippen LogP contribution is -2.28. The Kier molecular flexibility index (Phi) is 4.35. The zero-order valence-corrected chi connectivity index (χ0v) is 6.97. The molecule has 0 radical (unpaired) electrons. The molecule has 0 aromatic heterocycles. The van der Waals surface area contributed by atoms with Crippen LogP contribution in [0.1, 0.15) is 0 Å². The van der Waals surface area contributed by atoms with E-state index in [1.54, 1.807) is 0 Å². The number of hydrogen-bond acceptors (Lipinski definition) is 2. The summed E-state index contributed by atoms with van der Waals surface area (Å²) in [5, 5.41) is -0.877. The molecule has 0 saturated carbocycles. The van der Waals surface area contributed by atoms with E-state index in [1.807, 2.05) is 0 Å². The number of alkyl halides is 4. The Labute approximate surface area is 69.3 Å². The maximum absolute atomic E-state index is 11.5. The van der Waals surface area contributed by atoms with Gasteiger partial charge in [-0.3, -0.25) is 4.21 Å². The van der Waals surface area contributed by atoms with Crippen LogP contribution in [0, 0.1) is 0 Å². The summed E-state index contributed by atoms with van der Waals surface area (Å²) >= 11 is 5.25. The fourth-order valence-corrected chi connectivity index (χ4v) is 1.32. The molecule has 2 N–H and O–H groups in total. The maximum atomic E-state index is 11.5. The minimum atomic E-state index is -4.68. The molecule has 0 aliphatic rings. The van der Waals surface area contributed by atoms with Gasteiger partial charge < -0.3 is 5.73 Å². The van der Waals surface area contributed by atoms with Gasteiger partial charge in [0.2, 0.25) is 0 Å². The van der Waals surface area contributed by atoms with Gasteiger partial charge in [-0.15, -0.1) is 11.6 Å². The first-order valence-electron chi connectivity index (χ1n) is 2.67. The second-order valence-corrected chi connectivity index (χ2v) is 3.90. The molecular weight excluding hydrogens is 203 g/mol. The van der Waals surface area contributed by atoms with Crippen molar-refractivity contribution in [2.45, 2.75) is 10.9 Å². The second-order valence-electron chi connectivity index (χ2n) is 1.79. The average molecular weight is 210 g/mol. The van der Waals surface area contributed by atoms with Crippen LogP contribution in [0.3, 0.4) is 0 Å². The van der Waals surface area contributed by atoms with Crippen molar-refractivity contribution in [3.8, 4) is 0 Å². The predicted octanol–water partition coefficient (Wildman–Crippen LogP) is 0.821. The van der Waals surface area contributed by atoms with Gasteiger partial charge in [-0.05, 0) is 0 Å². The second kappa shape index (κ2) is 4.27. The topological polar surface area (TPSA) is 43.1 Å². The van der Waals surface area contributed by atoms with Gasteiger partial charge in [-0.1, -0.05) is 0 Å². The zero-order chi connectivity index (χ0) is 9.07. The molecule has 0 aromatic carbocycles. The van der Waals surface area contributed by atoms with E-state index < -0.39 is 27.4 Å². The molecule has 0 aromatic rings. The molecular formula is C4H7ClF3NOS. The normalized spacial score (nSPS) is 17.9. The first kappa shape index (κ1) is 11.2. The molecule has 0 heterocycles.